The Kier molecular flexibility index (Phi) is 3.56. The Morgan fingerprint density at radius 1 is 1.36 bits per heavy atom. The van der Waals surface area contributed by atoms with E-state index in [4.69, 9.17) is 0 Å². The van der Waals surface area contributed by atoms with E-state index in [2.05, 4.69) is 4.90 Å². The van der Waals surface area contributed by atoms with Gasteiger partial charge in [-0.25, -0.2) is 0 Å². The molecule has 3 nitrogen and oxygen atoms in total. The van der Waals surface area contributed by atoms with E-state index in [0.717, 1.165) is 19.3 Å². The van der Waals surface area contributed by atoms with E-state index >= 15 is 0 Å². The van der Waals surface area contributed by atoms with Gasteiger partial charge >= 0.3 is 0 Å². The van der Waals surface area contributed by atoms with Crippen LogP contribution in [0.3, 0.4) is 0 Å². The molecule has 1 aliphatic carbocycles. The fourth-order valence-electron chi connectivity index (χ4n) is 2.18. The van der Waals surface area contributed by atoms with Crippen LogP contribution in [0.15, 0.2) is 0 Å². The van der Waals surface area contributed by atoms with Crippen LogP contribution in [-0.2, 0) is 0 Å². The van der Waals surface area contributed by atoms with Gasteiger partial charge in [0, 0.05) is 12.1 Å². The number of aliphatic hydroxyl groups is 2. The quantitative estimate of drug-likeness (QED) is 0.715. The molecule has 3 unspecified atom stereocenters. The minimum absolute atomic E-state index is 0.0697. The van der Waals surface area contributed by atoms with E-state index in [0.29, 0.717) is 0 Å². The molecule has 0 aromatic rings. The highest BCUT2D eigenvalue weighted by Gasteiger charge is 2.35. The second kappa shape index (κ2) is 4.17. The van der Waals surface area contributed by atoms with Gasteiger partial charge in [0.2, 0.25) is 0 Å². The van der Waals surface area contributed by atoms with Crippen molar-refractivity contribution in [2.45, 2.75) is 63.8 Å². The van der Waals surface area contributed by atoms with Crippen LogP contribution in [0.1, 0.15) is 40.0 Å². The van der Waals surface area contributed by atoms with Crippen molar-refractivity contribution in [1.29, 1.82) is 0 Å². The van der Waals surface area contributed by atoms with Crippen LogP contribution in [-0.4, -0.2) is 45.9 Å². The van der Waals surface area contributed by atoms with Crippen molar-refractivity contribution in [2.75, 3.05) is 7.05 Å². The van der Waals surface area contributed by atoms with Crippen LogP contribution >= 0.6 is 0 Å². The van der Waals surface area contributed by atoms with Crippen molar-refractivity contribution in [3.63, 3.8) is 0 Å². The van der Waals surface area contributed by atoms with Crippen LogP contribution in [0.2, 0.25) is 0 Å². The second-order valence-electron chi connectivity index (χ2n) is 5.06. The molecule has 14 heavy (non-hydrogen) atoms. The third-order valence-corrected chi connectivity index (χ3v) is 3.60. The van der Waals surface area contributed by atoms with Gasteiger partial charge in [-0.15, -0.1) is 0 Å². The van der Waals surface area contributed by atoms with Crippen LogP contribution in [0.25, 0.3) is 0 Å². The highest BCUT2D eigenvalue weighted by atomic mass is 16.3. The Hall–Kier alpha value is -0.120. The van der Waals surface area contributed by atoms with E-state index in [1.54, 1.807) is 0 Å². The lowest BCUT2D eigenvalue weighted by Gasteiger charge is -2.38. The van der Waals surface area contributed by atoms with Gasteiger partial charge < -0.3 is 10.2 Å². The monoisotopic (exact) mass is 201 g/mol. The van der Waals surface area contributed by atoms with Gasteiger partial charge in [0.1, 0.15) is 0 Å². The first kappa shape index (κ1) is 12.0. The summed E-state index contributed by atoms with van der Waals surface area (Å²) in [6.07, 6.45) is 2.81. The molecule has 0 spiro atoms. The van der Waals surface area contributed by atoms with Crippen LogP contribution in [0, 0.1) is 0 Å². The summed E-state index contributed by atoms with van der Waals surface area (Å²) in [4.78, 5) is 2.11. The van der Waals surface area contributed by atoms with Crippen LogP contribution < -0.4 is 0 Å². The first-order valence-electron chi connectivity index (χ1n) is 5.46. The van der Waals surface area contributed by atoms with Gasteiger partial charge in [-0.2, -0.15) is 0 Å². The number of aliphatic hydroxyl groups excluding tert-OH is 1. The van der Waals surface area contributed by atoms with E-state index < -0.39 is 5.60 Å². The molecule has 84 valence electrons. The highest BCUT2D eigenvalue weighted by Crippen LogP contribution is 2.27. The molecule has 3 atom stereocenters. The maximum Gasteiger partial charge on any atom is 0.0743 e. The molecular weight excluding hydrogens is 178 g/mol. The van der Waals surface area contributed by atoms with Gasteiger partial charge in [0.05, 0.1) is 11.7 Å². The van der Waals surface area contributed by atoms with Gasteiger partial charge in [-0.3, -0.25) is 4.90 Å². The summed E-state index contributed by atoms with van der Waals surface area (Å²) in [6, 6.07) is 0.289. The third kappa shape index (κ3) is 2.47. The molecule has 3 heteroatoms. The minimum Gasteiger partial charge on any atom is -0.391 e. The molecule has 0 bridgehead atoms. The first-order valence-corrected chi connectivity index (χ1v) is 5.46. The average Bonchev–Trinajstić information content (AvgIpc) is 2.47. The smallest absolute Gasteiger partial charge is 0.0743 e. The molecule has 0 aromatic heterocycles. The third-order valence-electron chi connectivity index (χ3n) is 3.60. The molecule has 1 rings (SSSR count). The Bertz CT molecular complexity index is 186. The van der Waals surface area contributed by atoms with Crippen LogP contribution in [0.4, 0.5) is 0 Å². The zero-order valence-electron chi connectivity index (χ0n) is 9.70. The lowest BCUT2D eigenvalue weighted by molar-refractivity contribution is -0.0350. The zero-order chi connectivity index (χ0) is 10.9. The SMILES string of the molecule is CC(N(C)C1CCCC1O)C(C)(C)O. The summed E-state index contributed by atoms with van der Waals surface area (Å²) in [7, 11) is 1.99. The zero-order valence-corrected chi connectivity index (χ0v) is 9.70. The standard InChI is InChI=1S/C11H23NO2/c1-8(11(2,3)14)12(4)9-6-5-7-10(9)13/h8-10,13-14H,5-7H2,1-4H3. The van der Waals surface area contributed by atoms with Gasteiger partial charge in [-0.05, 0) is 47.1 Å². The summed E-state index contributed by atoms with van der Waals surface area (Å²) >= 11 is 0. The average molecular weight is 201 g/mol. The Balaban J connectivity index is 2.60. The van der Waals surface area contributed by atoms with E-state index in [-0.39, 0.29) is 18.2 Å². The van der Waals surface area contributed by atoms with Gasteiger partial charge in [0.15, 0.2) is 0 Å². The number of rotatable bonds is 3. The number of likely N-dealkylation sites (N-methyl/N-ethyl adjacent to an activating group) is 1. The number of nitrogens with zero attached hydrogens (tertiary/aromatic N) is 1. The predicted molar refractivity (Wildman–Crippen MR) is 57.2 cm³/mol. The molecule has 1 saturated carbocycles. The number of hydrogen-bond donors (Lipinski definition) is 2. The molecule has 1 fully saturated rings. The van der Waals surface area contributed by atoms with E-state index in [1.165, 1.54) is 0 Å². The largest absolute Gasteiger partial charge is 0.391 e. The molecular formula is C11H23NO2. The fraction of sp³-hybridized carbons (Fsp3) is 1.00. The molecule has 2 N–H and O–H groups in total. The second-order valence-corrected chi connectivity index (χ2v) is 5.06. The minimum atomic E-state index is -0.711. The Labute approximate surface area is 86.7 Å². The van der Waals surface area contributed by atoms with Crippen molar-refractivity contribution in [2.24, 2.45) is 0 Å². The predicted octanol–water partition coefficient (Wildman–Crippen LogP) is 0.991. The Morgan fingerprint density at radius 3 is 2.29 bits per heavy atom. The molecule has 0 amide bonds. The van der Waals surface area contributed by atoms with Crippen LogP contribution in [0.5, 0.6) is 0 Å². The highest BCUT2D eigenvalue weighted by molar-refractivity contribution is 4.90. The molecule has 0 aromatic carbocycles. The molecule has 1 aliphatic rings. The number of hydrogen-bond acceptors (Lipinski definition) is 3. The van der Waals surface area contributed by atoms with E-state index in [9.17, 15) is 10.2 Å². The molecule has 0 radical (unpaired) electrons. The van der Waals surface area contributed by atoms with Crippen molar-refractivity contribution in [1.82, 2.24) is 4.90 Å². The topological polar surface area (TPSA) is 43.7 Å². The van der Waals surface area contributed by atoms with Crippen molar-refractivity contribution >= 4 is 0 Å². The first-order chi connectivity index (χ1) is 6.34. The summed E-state index contributed by atoms with van der Waals surface area (Å²) in [6.45, 7) is 5.63. The van der Waals surface area contributed by atoms with Gasteiger partial charge in [0.25, 0.3) is 0 Å². The summed E-state index contributed by atoms with van der Waals surface area (Å²) < 4.78 is 0. The molecule has 0 heterocycles. The maximum absolute atomic E-state index is 9.88. The summed E-state index contributed by atoms with van der Waals surface area (Å²) in [5, 5.41) is 19.6. The molecule has 0 saturated heterocycles. The van der Waals surface area contributed by atoms with E-state index in [1.807, 2.05) is 27.8 Å². The van der Waals surface area contributed by atoms with Crippen molar-refractivity contribution in [3.8, 4) is 0 Å². The van der Waals surface area contributed by atoms with Crippen molar-refractivity contribution in [3.05, 3.63) is 0 Å². The summed E-state index contributed by atoms with van der Waals surface area (Å²) in [5.74, 6) is 0. The summed E-state index contributed by atoms with van der Waals surface area (Å²) in [5.41, 5.74) is -0.711. The normalized spacial score (nSPS) is 31.1. The lowest BCUT2D eigenvalue weighted by Crippen LogP contribution is -2.51. The maximum atomic E-state index is 9.88. The lowest BCUT2D eigenvalue weighted by atomic mass is 9.97. The molecule has 0 aliphatic heterocycles. The van der Waals surface area contributed by atoms with Crippen molar-refractivity contribution < 1.29 is 10.2 Å². The Morgan fingerprint density at radius 2 is 1.93 bits per heavy atom. The fourth-order valence-corrected chi connectivity index (χ4v) is 2.18. The van der Waals surface area contributed by atoms with Gasteiger partial charge in [-0.1, -0.05) is 0 Å².